The minimum Gasteiger partial charge on any atom is -0.481 e. The number of amides is 2. The molecule has 0 saturated carbocycles. The number of carbonyl (C=O) groups excluding carboxylic acids is 1. The van der Waals surface area contributed by atoms with Crippen LogP contribution in [-0.4, -0.2) is 53.3 Å². The Kier molecular flexibility index (Phi) is 5.60. The SMILES string of the molecule is CCC1COCCN1C(=O)NC(C)(C)CCC(=O)O. The molecule has 2 N–H and O–H groups in total. The Hall–Kier alpha value is -1.30. The molecule has 1 aliphatic rings. The Bertz CT molecular complexity index is 331. The van der Waals surface area contributed by atoms with Gasteiger partial charge in [-0.05, 0) is 26.7 Å². The molecule has 1 unspecified atom stereocenters. The van der Waals surface area contributed by atoms with Crippen LogP contribution in [0.2, 0.25) is 0 Å². The van der Waals surface area contributed by atoms with Crippen molar-refractivity contribution in [1.29, 1.82) is 0 Å². The topological polar surface area (TPSA) is 78.9 Å². The Morgan fingerprint density at radius 1 is 1.47 bits per heavy atom. The summed E-state index contributed by atoms with van der Waals surface area (Å²) in [7, 11) is 0. The molecule has 6 heteroatoms. The van der Waals surface area contributed by atoms with E-state index in [0.29, 0.717) is 26.2 Å². The van der Waals surface area contributed by atoms with E-state index in [-0.39, 0.29) is 18.5 Å². The highest BCUT2D eigenvalue weighted by Crippen LogP contribution is 2.15. The number of morpholine rings is 1. The van der Waals surface area contributed by atoms with Gasteiger partial charge in [0.15, 0.2) is 0 Å². The van der Waals surface area contributed by atoms with Crippen LogP contribution in [0.25, 0.3) is 0 Å². The van der Waals surface area contributed by atoms with Gasteiger partial charge in [0.05, 0.1) is 19.3 Å². The minimum absolute atomic E-state index is 0.0492. The molecule has 1 heterocycles. The number of urea groups is 1. The Morgan fingerprint density at radius 2 is 2.16 bits per heavy atom. The average molecular weight is 272 g/mol. The van der Waals surface area contributed by atoms with E-state index >= 15 is 0 Å². The molecule has 1 fully saturated rings. The number of carbonyl (C=O) groups is 2. The first kappa shape index (κ1) is 15.8. The Morgan fingerprint density at radius 3 is 2.74 bits per heavy atom. The van der Waals surface area contributed by atoms with Gasteiger partial charge in [-0.1, -0.05) is 6.92 Å². The zero-order valence-corrected chi connectivity index (χ0v) is 11.9. The normalized spacial score (nSPS) is 20.2. The Balaban J connectivity index is 2.54. The summed E-state index contributed by atoms with van der Waals surface area (Å²) in [6.07, 6.45) is 1.31. The van der Waals surface area contributed by atoms with Gasteiger partial charge in [-0.15, -0.1) is 0 Å². The van der Waals surface area contributed by atoms with E-state index in [1.165, 1.54) is 0 Å². The summed E-state index contributed by atoms with van der Waals surface area (Å²) >= 11 is 0. The molecule has 0 spiro atoms. The van der Waals surface area contributed by atoms with E-state index in [9.17, 15) is 9.59 Å². The number of nitrogens with zero attached hydrogens (tertiary/aromatic N) is 1. The summed E-state index contributed by atoms with van der Waals surface area (Å²) in [6, 6.07) is -0.0328. The van der Waals surface area contributed by atoms with E-state index < -0.39 is 11.5 Å². The molecule has 0 aromatic heterocycles. The monoisotopic (exact) mass is 272 g/mol. The highest BCUT2D eigenvalue weighted by Gasteiger charge is 2.29. The number of carboxylic acids is 1. The number of hydrogen-bond donors (Lipinski definition) is 2. The van der Waals surface area contributed by atoms with Crippen LogP contribution in [0.4, 0.5) is 4.79 Å². The van der Waals surface area contributed by atoms with Crippen molar-refractivity contribution >= 4 is 12.0 Å². The van der Waals surface area contributed by atoms with E-state index in [0.717, 1.165) is 6.42 Å². The first-order valence-corrected chi connectivity index (χ1v) is 6.74. The largest absolute Gasteiger partial charge is 0.481 e. The summed E-state index contributed by atoms with van der Waals surface area (Å²) in [4.78, 5) is 24.6. The van der Waals surface area contributed by atoms with Crippen LogP contribution >= 0.6 is 0 Å². The van der Waals surface area contributed by atoms with E-state index in [4.69, 9.17) is 9.84 Å². The van der Waals surface area contributed by atoms with Crippen LogP contribution in [-0.2, 0) is 9.53 Å². The molecule has 6 nitrogen and oxygen atoms in total. The fraction of sp³-hybridized carbons (Fsp3) is 0.846. The standard InChI is InChI=1S/C13H24N2O4/c1-4-10-9-19-8-7-15(10)12(18)14-13(2,3)6-5-11(16)17/h10H,4-9H2,1-3H3,(H,14,18)(H,16,17). The van der Waals surface area contributed by atoms with Crippen LogP contribution in [0, 0.1) is 0 Å². The van der Waals surface area contributed by atoms with Gasteiger partial charge in [-0.3, -0.25) is 4.79 Å². The number of carboxylic acid groups (broad SMARTS) is 1. The number of hydrogen-bond acceptors (Lipinski definition) is 3. The van der Waals surface area contributed by atoms with Gasteiger partial charge in [0.1, 0.15) is 0 Å². The zero-order valence-electron chi connectivity index (χ0n) is 11.9. The first-order valence-electron chi connectivity index (χ1n) is 6.74. The second-order valence-corrected chi connectivity index (χ2v) is 5.54. The number of rotatable bonds is 5. The fourth-order valence-corrected chi connectivity index (χ4v) is 2.10. The quantitative estimate of drug-likeness (QED) is 0.794. The summed E-state index contributed by atoms with van der Waals surface area (Å²) in [5, 5.41) is 11.6. The lowest BCUT2D eigenvalue weighted by molar-refractivity contribution is -0.137. The van der Waals surface area contributed by atoms with Crippen LogP contribution in [0.3, 0.4) is 0 Å². The van der Waals surface area contributed by atoms with Crippen LogP contribution in [0.5, 0.6) is 0 Å². The summed E-state index contributed by atoms with van der Waals surface area (Å²) in [5.41, 5.74) is -0.522. The molecule has 0 radical (unpaired) electrons. The molecule has 19 heavy (non-hydrogen) atoms. The van der Waals surface area contributed by atoms with Gasteiger partial charge >= 0.3 is 12.0 Å². The molecule has 0 aliphatic carbocycles. The molecular weight excluding hydrogens is 248 g/mol. The van der Waals surface area contributed by atoms with Crippen molar-refractivity contribution in [3.05, 3.63) is 0 Å². The summed E-state index contributed by atoms with van der Waals surface area (Å²) in [5.74, 6) is -0.847. The third-order valence-corrected chi connectivity index (χ3v) is 3.37. The van der Waals surface area contributed by atoms with Gasteiger partial charge < -0.3 is 20.1 Å². The van der Waals surface area contributed by atoms with Gasteiger partial charge in [0.25, 0.3) is 0 Å². The highest BCUT2D eigenvalue weighted by molar-refractivity contribution is 5.75. The lowest BCUT2D eigenvalue weighted by atomic mass is 9.98. The van der Waals surface area contributed by atoms with Gasteiger partial charge in [-0.25, -0.2) is 4.79 Å². The molecule has 0 aromatic rings. The number of nitrogens with one attached hydrogen (secondary N) is 1. The van der Waals surface area contributed by atoms with Crippen LogP contribution in [0.1, 0.15) is 40.0 Å². The predicted molar refractivity (Wildman–Crippen MR) is 71.1 cm³/mol. The van der Waals surface area contributed by atoms with Crippen molar-refractivity contribution in [2.75, 3.05) is 19.8 Å². The molecular formula is C13H24N2O4. The van der Waals surface area contributed by atoms with Gasteiger partial charge in [0, 0.05) is 18.5 Å². The Labute approximate surface area is 114 Å². The van der Waals surface area contributed by atoms with E-state index in [2.05, 4.69) is 5.32 Å². The van der Waals surface area contributed by atoms with Gasteiger partial charge in [0.2, 0.25) is 0 Å². The molecule has 1 saturated heterocycles. The van der Waals surface area contributed by atoms with E-state index in [1.807, 2.05) is 20.8 Å². The maximum Gasteiger partial charge on any atom is 0.318 e. The molecule has 0 bridgehead atoms. The van der Waals surface area contributed by atoms with Crippen molar-refractivity contribution in [3.63, 3.8) is 0 Å². The van der Waals surface area contributed by atoms with E-state index in [1.54, 1.807) is 4.90 Å². The number of aliphatic carboxylic acids is 1. The average Bonchev–Trinajstić information content (AvgIpc) is 2.36. The van der Waals surface area contributed by atoms with Crippen LogP contribution in [0.15, 0.2) is 0 Å². The third-order valence-electron chi connectivity index (χ3n) is 3.37. The molecule has 1 aliphatic heterocycles. The zero-order chi connectivity index (χ0) is 14.5. The molecule has 110 valence electrons. The van der Waals surface area contributed by atoms with Crippen molar-refractivity contribution in [2.45, 2.75) is 51.6 Å². The lowest BCUT2D eigenvalue weighted by Crippen LogP contribution is -2.56. The maximum absolute atomic E-state index is 12.2. The second-order valence-electron chi connectivity index (χ2n) is 5.54. The minimum atomic E-state index is -0.847. The van der Waals surface area contributed by atoms with Crippen LogP contribution < -0.4 is 5.32 Å². The lowest BCUT2D eigenvalue weighted by Gasteiger charge is -2.37. The van der Waals surface area contributed by atoms with Crippen molar-refractivity contribution < 1.29 is 19.4 Å². The van der Waals surface area contributed by atoms with Crippen molar-refractivity contribution in [1.82, 2.24) is 10.2 Å². The third kappa shape index (κ3) is 5.06. The predicted octanol–water partition coefficient (Wildman–Crippen LogP) is 1.45. The van der Waals surface area contributed by atoms with Crippen molar-refractivity contribution in [3.8, 4) is 0 Å². The summed E-state index contributed by atoms with van der Waals surface area (Å²) < 4.78 is 5.36. The van der Waals surface area contributed by atoms with Crippen molar-refractivity contribution in [2.24, 2.45) is 0 Å². The smallest absolute Gasteiger partial charge is 0.318 e. The molecule has 2 amide bonds. The summed E-state index contributed by atoms with van der Waals surface area (Å²) in [6.45, 7) is 7.41. The molecule has 1 atom stereocenters. The number of ether oxygens (including phenoxy) is 1. The molecule has 1 rings (SSSR count). The fourth-order valence-electron chi connectivity index (χ4n) is 2.10. The first-order chi connectivity index (χ1) is 8.85. The van der Waals surface area contributed by atoms with Gasteiger partial charge in [-0.2, -0.15) is 0 Å². The molecule has 0 aromatic carbocycles. The maximum atomic E-state index is 12.2. The second kappa shape index (κ2) is 6.75. The highest BCUT2D eigenvalue weighted by atomic mass is 16.5.